The lowest BCUT2D eigenvalue weighted by atomic mass is 10.2. The number of halogens is 1. The monoisotopic (exact) mass is 377 g/mol. The van der Waals surface area contributed by atoms with Crippen LogP contribution in [0.25, 0.3) is 0 Å². The molecule has 0 saturated carbocycles. The van der Waals surface area contributed by atoms with E-state index in [1.165, 1.54) is 22.9 Å². The van der Waals surface area contributed by atoms with Gasteiger partial charge in [0.1, 0.15) is 11.4 Å². The fourth-order valence-electron chi connectivity index (χ4n) is 2.66. The third-order valence-corrected chi connectivity index (χ3v) is 4.61. The normalized spacial score (nSPS) is 15.7. The summed E-state index contributed by atoms with van der Waals surface area (Å²) < 4.78 is 14.5. The summed E-state index contributed by atoms with van der Waals surface area (Å²) in [4.78, 5) is 16.9. The van der Waals surface area contributed by atoms with Crippen molar-refractivity contribution >= 4 is 18.4 Å². The molecule has 0 aliphatic carbocycles. The number of nitrogens with one attached hydrogen (secondary N) is 1. The minimum absolute atomic E-state index is 0.0413. The van der Waals surface area contributed by atoms with Crippen LogP contribution in [0.1, 0.15) is 11.1 Å². The number of likely N-dealkylation sites (N-methyl/N-ethyl adjacent to an activating group) is 1. The van der Waals surface area contributed by atoms with E-state index in [-0.39, 0.29) is 28.6 Å². The fraction of sp³-hybridized carbons (Fsp3) is 0.353. The van der Waals surface area contributed by atoms with Gasteiger partial charge in [0.05, 0.1) is 12.8 Å². The average molecular weight is 377 g/mol. The van der Waals surface area contributed by atoms with Gasteiger partial charge in [0, 0.05) is 26.2 Å². The summed E-state index contributed by atoms with van der Waals surface area (Å²) in [6.07, 6.45) is 1.36. The van der Waals surface area contributed by atoms with E-state index in [1.54, 1.807) is 12.1 Å². The van der Waals surface area contributed by atoms with Crippen LogP contribution in [0.15, 0.2) is 34.2 Å². The van der Waals surface area contributed by atoms with Gasteiger partial charge in [-0.25, -0.2) is 4.39 Å². The van der Waals surface area contributed by atoms with Gasteiger partial charge in [-0.3, -0.25) is 19.4 Å². The van der Waals surface area contributed by atoms with E-state index in [4.69, 9.17) is 12.2 Å². The Hall–Kier alpha value is -2.52. The van der Waals surface area contributed by atoms with Gasteiger partial charge >= 0.3 is 0 Å². The molecule has 0 spiro atoms. The van der Waals surface area contributed by atoms with E-state index in [9.17, 15) is 14.3 Å². The lowest BCUT2D eigenvalue weighted by molar-refractivity contribution is 0.159. The topological polar surface area (TPSA) is 76.9 Å². The number of rotatable bonds is 4. The molecule has 0 bridgehead atoms. The average Bonchev–Trinajstić information content (AvgIpc) is 2.61. The molecule has 26 heavy (non-hydrogen) atoms. The minimum atomic E-state index is -0.499. The first-order valence-electron chi connectivity index (χ1n) is 8.22. The molecule has 2 aromatic rings. The molecular weight excluding hydrogens is 357 g/mol. The Morgan fingerprint density at radius 3 is 2.58 bits per heavy atom. The van der Waals surface area contributed by atoms with Crippen LogP contribution < -0.4 is 5.56 Å². The van der Waals surface area contributed by atoms with Crippen LogP contribution >= 0.6 is 12.2 Å². The van der Waals surface area contributed by atoms with Crippen LogP contribution in [0.5, 0.6) is 5.88 Å². The van der Waals surface area contributed by atoms with E-state index < -0.39 is 5.56 Å². The van der Waals surface area contributed by atoms with Crippen LogP contribution in [-0.4, -0.2) is 64.0 Å². The van der Waals surface area contributed by atoms with Crippen LogP contribution in [0, 0.1) is 10.6 Å². The summed E-state index contributed by atoms with van der Waals surface area (Å²) in [7, 11) is 2.04. The highest BCUT2D eigenvalue weighted by Gasteiger charge is 2.14. The molecule has 0 amide bonds. The highest BCUT2D eigenvalue weighted by molar-refractivity contribution is 7.71. The van der Waals surface area contributed by atoms with Crippen molar-refractivity contribution in [3.63, 3.8) is 0 Å². The van der Waals surface area contributed by atoms with Crippen molar-refractivity contribution in [3.05, 3.63) is 56.3 Å². The molecular formula is C17H20FN5O2S. The van der Waals surface area contributed by atoms with Gasteiger partial charge in [-0.05, 0) is 37.0 Å². The molecule has 0 radical (unpaired) electrons. The van der Waals surface area contributed by atoms with E-state index >= 15 is 0 Å². The number of nitrogens with zero attached hydrogens (tertiary/aromatic N) is 4. The number of piperazine rings is 1. The Balaban J connectivity index is 1.87. The minimum Gasteiger partial charge on any atom is -0.494 e. The first kappa shape index (κ1) is 18.3. The largest absolute Gasteiger partial charge is 0.494 e. The summed E-state index contributed by atoms with van der Waals surface area (Å²) in [5.41, 5.74) is 0.284. The Bertz CT molecular complexity index is 914. The van der Waals surface area contributed by atoms with Crippen LogP contribution in [0.3, 0.4) is 0 Å². The summed E-state index contributed by atoms with van der Waals surface area (Å²) in [5.74, 6) is -0.607. The predicted octanol–water partition coefficient (Wildman–Crippen LogP) is 1.38. The zero-order valence-corrected chi connectivity index (χ0v) is 15.2. The number of hydrazone groups is 1. The SMILES string of the molecule is CN1CCN(/N=C/c2c(O)n(Cc3ccc(F)cc3)c(=S)[nH]c2=O)CC1. The number of benzene rings is 1. The molecule has 2 heterocycles. The maximum absolute atomic E-state index is 13.1. The second-order valence-corrected chi connectivity index (χ2v) is 6.60. The van der Waals surface area contributed by atoms with E-state index in [2.05, 4.69) is 15.0 Å². The molecule has 1 saturated heterocycles. The smallest absolute Gasteiger partial charge is 0.264 e. The predicted molar refractivity (Wildman–Crippen MR) is 99.7 cm³/mol. The number of aromatic hydroxyl groups is 1. The Morgan fingerprint density at radius 2 is 1.92 bits per heavy atom. The van der Waals surface area contributed by atoms with Gasteiger partial charge in [0.25, 0.3) is 5.56 Å². The van der Waals surface area contributed by atoms with Gasteiger partial charge in [0.2, 0.25) is 5.88 Å². The molecule has 0 atom stereocenters. The fourth-order valence-corrected chi connectivity index (χ4v) is 2.90. The van der Waals surface area contributed by atoms with E-state index in [0.717, 1.165) is 31.7 Å². The highest BCUT2D eigenvalue weighted by atomic mass is 32.1. The second-order valence-electron chi connectivity index (χ2n) is 6.21. The molecule has 1 aliphatic rings. The highest BCUT2D eigenvalue weighted by Crippen LogP contribution is 2.15. The van der Waals surface area contributed by atoms with E-state index in [1.807, 2.05) is 12.1 Å². The molecule has 9 heteroatoms. The summed E-state index contributed by atoms with van der Waals surface area (Å²) >= 11 is 5.15. The van der Waals surface area contributed by atoms with Crippen molar-refractivity contribution in [1.82, 2.24) is 19.5 Å². The summed E-state index contributed by atoms with van der Waals surface area (Å²) in [5, 5.41) is 16.7. The number of aromatic amines is 1. The molecule has 7 nitrogen and oxygen atoms in total. The Kier molecular flexibility index (Phi) is 5.48. The molecule has 2 N–H and O–H groups in total. The van der Waals surface area contributed by atoms with Crippen molar-refractivity contribution in [2.45, 2.75) is 6.54 Å². The second kappa shape index (κ2) is 7.79. The van der Waals surface area contributed by atoms with Crippen molar-refractivity contribution in [3.8, 4) is 5.88 Å². The summed E-state index contributed by atoms with van der Waals surface area (Å²) in [6, 6.07) is 5.86. The van der Waals surface area contributed by atoms with Gasteiger partial charge in [0.15, 0.2) is 4.77 Å². The first-order chi connectivity index (χ1) is 12.4. The zero-order chi connectivity index (χ0) is 18.7. The zero-order valence-electron chi connectivity index (χ0n) is 14.4. The standard InChI is InChI=1S/C17H20FN5O2S/c1-21-6-8-22(9-7-21)19-10-14-15(24)20-17(26)23(16(14)25)11-12-2-4-13(18)5-3-12/h2-5,10,25H,6-9,11H2,1H3,(H,20,24,26)/b19-10+. The molecule has 3 rings (SSSR count). The Labute approximate surface area is 155 Å². The molecule has 138 valence electrons. The molecule has 0 unspecified atom stereocenters. The molecule has 1 aromatic heterocycles. The number of hydrogen-bond acceptors (Lipinski definition) is 6. The number of hydrogen-bond donors (Lipinski definition) is 2. The number of aromatic nitrogens is 2. The lowest BCUT2D eigenvalue weighted by Crippen LogP contribution is -2.41. The maximum Gasteiger partial charge on any atom is 0.264 e. The maximum atomic E-state index is 13.1. The number of H-pyrrole nitrogens is 1. The van der Waals surface area contributed by atoms with Crippen molar-refractivity contribution in [1.29, 1.82) is 0 Å². The molecule has 1 aromatic carbocycles. The lowest BCUT2D eigenvalue weighted by Gasteiger charge is -2.30. The first-order valence-corrected chi connectivity index (χ1v) is 8.63. The Morgan fingerprint density at radius 1 is 1.27 bits per heavy atom. The molecule has 1 aliphatic heterocycles. The van der Waals surface area contributed by atoms with Crippen LogP contribution in [-0.2, 0) is 6.54 Å². The molecule has 1 fully saturated rings. The van der Waals surface area contributed by atoms with Gasteiger partial charge in [-0.1, -0.05) is 12.1 Å². The van der Waals surface area contributed by atoms with Crippen LogP contribution in [0.2, 0.25) is 0 Å². The van der Waals surface area contributed by atoms with Crippen molar-refractivity contribution < 1.29 is 9.50 Å². The quantitative estimate of drug-likeness (QED) is 0.622. The van der Waals surface area contributed by atoms with Gasteiger partial charge in [-0.2, -0.15) is 5.10 Å². The third kappa shape index (κ3) is 4.17. The van der Waals surface area contributed by atoms with E-state index in [0.29, 0.717) is 0 Å². The van der Waals surface area contributed by atoms with Gasteiger partial charge in [-0.15, -0.1) is 0 Å². The third-order valence-electron chi connectivity index (χ3n) is 4.29. The van der Waals surface area contributed by atoms with Gasteiger partial charge < -0.3 is 10.0 Å². The van der Waals surface area contributed by atoms with Crippen molar-refractivity contribution in [2.75, 3.05) is 33.2 Å². The van der Waals surface area contributed by atoms with Crippen molar-refractivity contribution in [2.24, 2.45) is 5.10 Å². The van der Waals surface area contributed by atoms with Crippen LogP contribution in [0.4, 0.5) is 4.39 Å². The summed E-state index contributed by atoms with van der Waals surface area (Å²) in [6.45, 7) is 3.47.